The molecule has 0 bridgehead atoms. The maximum atomic E-state index is 12.0. The molecule has 98 valence electrons. The molecule has 6 nitrogen and oxygen atoms in total. The van der Waals surface area contributed by atoms with Crippen molar-refractivity contribution in [3.8, 4) is 0 Å². The zero-order valence-corrected chi connectivity index (χ0v) is 10.4. The SMILES string of the molecule is CC(C)n1cc(N)cc1C(=O)OC1CCOC1=O. The fourth-order valence-electron chi connectivity index (χ4n) is 1.87. The number of nitrogens with zero attached hydrogens (tertiary/aromatic N) is 1. The van der Waals surface area contributed by atoms with Crippen LogP contribution in [0.25, 0.3) is 0 Å². The molecule has 1 aromatic heterocycles. The van der Waals surface area contributed by atoms with Gasteiger partial charge in [0.1, 0.15) is 5.69 Å². The highest BCUT2D eigenvalue weighted by Crippen LogP contribution is 2.19. The minimum Gasteiger partial charge on any atom is -0.463 e. The second-order valence-corrected chi connectivity index (χ2v) is 4.51. The first kappa shape index (κ1) is 12.5. The van der Waals surface area contributed by atoms with Crippen molar-refractivity contribution >= 4 is 17.6 Å². The van der Waals surface area contributed by atoms with Gasteiger partial charge in [-0.25, -0.2) is 9.59 Å². The van der Waals surface area contributed by atoms with Gasteiger partial charge in [0.25, 0.3) is 0 Å². The minimum atomic E-state index is -0.797. The number of carbonyl (C=O) groups excluding carboxylic acids is 2. The second-order valence-electron chi connectivity index (χ2n) is 4.51. The van der Waals surface area contributed by atoms with E-state index in [9.17, 15) is 9.59 Å². The highest BCUT2D eigenvalue weighted by molar-refractivity contribution is 5.91. The van der Waals surface area contributed by atoms with Crippen molar-refractivity contribution in [3.05, 3.63) is 18.0 Å². The highest BCUT2D eigenvalue weighted by atomic mass is 16.6. The van der Waals surface area contributed by atoms with Gasteiger partial charge in [-0.3, -0.25) is 0 Å². The van der Waals surface area contributed by atoms with E-state index >= 15 is 0 Å². The van der Waals surface area contributed by atoms with Gasteiger partial charge in [-0.15, -0.1) is 0 Å². The van der Waals surface area contributed by atoms with E-state index < -0.39 is 18.0 Å². The summed E-state index contributed by atoms with van der Waals surface area (Å²) in [5.74, 6) is -1.04. The molecule has 1 fully saturated rings. The van der Waals surface area contributed by atoms with Crippen LogP contribution in [-0.2, 0) is 14.3 Å². The van der Waals surface area contributed by atoms with Gasteiger partial charge in [0.2, 0.25) is 6.10 Å². The van der Waals surface area contributed by atoms with E-state index in [0.717, 1.165) is 0 Å². The van der Waals surface area contributed by atoms with Crippen molar-refractivity contribution in [2.24, 2.45) is 0 Å². The number of anilines is 1. The Morgan fingerprint density at radius 3 is 2.89 bits per heavy atom. The van der Waals surface area contributed by atoms with E-state index in [1.807, 2.05) is 13.8 Å². The number of carbonyl (C=O) groups is 2. The summed E-state index contributed by atoms with van der Waals surface area (Å²) in [6.07, 6.45) is 1.28. The highest BCUT2D eigenvalue weighted by Gasteiger charge is 2.31. The fourth-order valence-corrected chi connectivity index (χ4v) is 1.87. The smallest absolute Gasteiger partial charge is 0.355 e. The first-order valence-corrected chi connectivity index (χ1v) is 5.84. The average Bonchev–Trinajstić information content (AvgIpc) is 2.86. The summed E-state index contributed by atoms with van der Waals surface area (Å²) >= 11 is 0. The van der Waals surface area contributed by atoms with Crippen LogP contribution in [0, 0.1) is 0 Å². The molecule has 1 saturated heterocycles. The molecule has 1 aromatic rings. The lowest BCUT2D eigenvalue weighted by Crippen LogP contribution is -2.24. The molecule has 6 heteroatoms. The van der Waals surface area contributed by atoms with Gasteiger partial charge in [0.05, 0.1) is 12.3 Å². The van der Waals surface area contributed by atoms with Gasteiger partial charge in [0, 0.05) is 18.7 Å². The predicted octanol–water partition coefficient (Wildman–Crippen LogP) is 1.12. The number of cyclic esters (lactones) is 1. The van der Waals surface area contributed by atoms with Crippen molar-refractivity contribution in [1.29, 1.82) is 0 Å². The van der Waals surface area contributed by atoms with Gasteiger partial charge < -0.3 is 19.8 Å². The molecule has 18 heavy (non-hydrogen) atoms. The molecule has 2 rings (SSSR count). The van der Waals surface area contributed by atoms with E-state index in [2.05, 4.69) is 0 Å². The van der Waals surface area contributed by atoms with Crippen molar-refractivity contribution in [3.63, 3.8) is 0 Å². The monoisotopic (exact) mass is 252 g/mol. The standard InChI is InChI=1S/C12H16N2O4/c1-7(2)14-6-8(13)5-9(14)11(15)18-10-3-4-17-12(10)16/h5-7,10H,3-4,13H2,1-2H3. The van der Waals surface area contributed by atoms with E-state index in [0.29, 0.717) is 24.4 Å². The second kappa shape index (κ2) is 4.72. The quantitative estimate of drug-likeness (QED) is 0.815. The Morgan fingerprint density at radius 1 is 1.61 bits per heavy atom. The number of nitrogens with two attached hydrogens (primary N) is 1. The molecule has 1 aliphatic rings. The van der Waals surface area contributed by atoms with Gasteiger partial charge in [-0.05, 0) is 19.9 Å². The summed E-state index contributed by atoms with van der Waals surface area (Å²) in [4.78, 5) is 23.2. The maximum absolute atomic E-state index is 12.0. The number of nitrogen functional groups attached to an aromatic ring is 1. The Kier molecular flexibility index (Phi) is 3.27. The first-order valence-electron chi connectivity index (χ1n) is 5.84. The Morgan fingerprint density at radius 2 is 2.33 bits per heavy atom. The van der Waals surface area contributed by atoms with E-state index in [1.54, 1.807) is 16.8 Å². The number of hydrogen-bond donors (Lipinski definition) is 1. The maximum Gasteiger partial charge on any atom is 0.355 e. The molecule has 0 saturated carbocycles. The molecular formula is C12H16N2O4. The van der Waals surface area contributed by atoms with Crippen molar-refractivity contribution < 1.29 is 19.1 Å². The van der Waals surface area contributed by atoms with Crippen LogP contribution in [0.1, 0.15) is 36.8 Å². The van der Waals surface area contributed by atoms with Crippen molar-refractivity contribution in [2.45, 2.75) is 32.4 Å². The average molecular weight is 252 g/mol. The van der Waals surface area contributed by atoms with E-state index in [1.165, 1.54) is 0 Å². The van der Waals surface area contributed by atoms with Crippen LogP contribution >= 0.6 is 0 Å². The third kappa shape index (κ3) is 2.32. The van der Waals surface area contributed by atoms with Crippen LogP contribution in [0.2, 0.25) is 0 Å². The number of ether oxygens (including phenoxy) is 2. The third-order valence-corrected chi connectivity index (χ3v) is 2.77. The topological polar surface area (TPSA) is 83.6 Å². The third-order valence-electron chi connectivity index (χ3n) is 2.77. The molecule has 0 spiro atoms. The van der Waals surface area contributed by atoms with E-state index in [-0.39, 0.29) is 6.04 Å². The molecule has 1 atom stereocenters. The molecule has 1 aliphatic heterocycles. The molecule has 0 amide bonds. The number of hydrogen-bond acceptors (Lipinski definition) is 5. The van der Waals surface area contributed by atoms with Gasteiger partial charge in [-0.2, -0.15) is 0 Å². The lowest BCUT2D eigenvalue weighted by molar-refractivity contribution is -0.145. The van der Waals surface area contributed by atoms with Gasteiger partial charge >= 0.3 is 11.9 Å². The molecule has 2 N–H and O–H groups in total. The molecule has 1 unspecified atom stereocenters. The molecule has 0 radical (unpaired) electrons. The van der Waals surface area contributed by atoms with Crippen molar-refractivity contribution in [1.82, 2.24) is 4.57 Å². The van der Waals surface area contributed by atoms with Crippen LogP contribution in [-0.4, -0.2) is 29.2 Å². The van der Waals surface area contributed by atoms with Crippen LogP contribution in [0.4, 0.5) is 5.69 Å². The largest absolute Gasteiger partial charge is 0.463 e. The van der Waals surface area contributed by atoms with Crippen LogP contribution < -0.4 is 5.73 Å². The summed E-state index contributed by atoms with van der Waals surface area (Å²) in [7, 11) is 0. The van der Waals surface area contributed by atoms with Gasteiger partial charge in [-0.1, -0.05) is 0 Å². The molecule has 2 heterocycles. The number of rotatable bonds is 3. The summed E-state index contributed by atoms with van der Waals surface area (Å²) in [6.45, 7) is 4.16. The van der Waals surface area contributed by atoms with E-state index in [4.69, 9.17) is 15.2 Å². The zero-order chi connectivity index (χ0) is 13.3. The Hall–Kier alpha value is -1.98. The predicted molar refractivity (Wildman–Crippen MR) is 64.0 cm³/mol. The fraction of sp³-hybridized carbons (Fsp3) is 0.500. The molecule has 0 aromatic carbocycles. The summed E-state index contributed by atoms with van der Waals surface area (Å²) in [5.41, 5.74) is 6.51. The minimum absolute atomic E-state index is 0.0837. The van der Waals surface area contributed by atoms with Crippen LogP contribution in [0.3, 0.4) is 0 Å². The normalized spacial score (nSPS) is 19.1. The molecule has 0 aliphatic carbocycles. The first-order chi connectivity index (χ1) is 8.49. The number of aromatic nitrogens is 1. The lowest BCUT2D eigenvalue weighted by Gasteiger charge is -2.13. The van der Waals surface area contributed by atoms with Crippen LogP contribution in [0.5, 0.6) is 0 Å². The summed E-state index contributed by atoms with van der Waals surface area (Å²) in [6, 6.07) is 1.63. The van der Waals surface area contributed by atoms with Crippen molar-refractivity contribution in [2.75, 3.05) is 12.3 Å². The lowest BCUT2D eigenvalue weighted by atomic mass is 10.3. The van der Waals surface area contributed by atoms with Gasteiger partial charge in [0.15, 0.2) is 0 Å². The number of esters is 2. The zero-order valence-electron chi connectivity index (χ0n) is 10.4. The summed E-state index contributed by atoms with van der Waals surface area (Å²) in [5, 5.41) is 0. The molecular weight excluding hydrogens is 236 g/mol. The Bertz CT molecular complexity index is 478. The van der Waals surface area contributed by atoms with Crippen LogP contribution in [0.15, 0.2) is 12.3 Å². The Labute approximate surface area is 105 Å². The Balaban J connectivity index is 2.15. The summed E-state index contributed by atoms with van der Waals surface area (Å²) < 4.78 is 11.6.